The van der Waals surface area contributed by atoms with E-state index >= 15 is 0 Å². The quantitative estimate of drug-likeness (QED) is 0.900. The number of aromatic amines is 1. The van der Waals surface area contributed by atoms with Gasteiger partial charge in [-0.2, -0.15) is 5.10 Å². The Balaban J connectivity index is 2.00. The molecule has 0 spiro atoms. The molecular formula is C14H15N3O3. The number of carbonyl (C=O) groups is 1. The molecule has 6 nitrogen and oxygen atoms in total. The Hall–Kier alpha value is -2.50. The highest BCUT2D eigenvalue weighted by Gasteiger charge is 2.18. The Morgan fingerprint density at radius 2 is 2.20 bits per heavy atom. The highest BCUT2D eigenvalue weighted by Crippen LogP contribution is 2.37. The van der Waals surface area contributed by atoms with Crippen molar-refractivity contribution in [1.29, 1.82) is 0 Å². The molecule has 0 saturated carbocycles. The molecule has 1 aliphatic heterocycles. The first-order valence-corrected chi connectivity index (χ1v) is 6.44. The molecule has 1 amide bonds. The van der Waals surface area contributed by atoms with E-state index in [2.05, 4.69) is 15.5 Å². The molecule has 2 N–H and O–H groups in total. The summed E-state index contributed by atoms with van der Waals surface area (Å²) in [6, 6.07) is 5.59. The van der Waals surface area contributed by atoms with E-state index in [4.69, 9.17) is 9.47 Å². The summed E-state index contributed by atoms with van der Waals surface area (Å²) in [5.41, 5.74) is 3.09. The van der Waals surface area contributed by atoms with E-state index < -0.39 is 0 Å². The fraction of sp³-hybridized carbons (Fsp3) is 0.286. The molecule has 1 aromatic heterocycles. The van der Waals surface area contributed by atoms with Crippen LogP contribution in [0.15, 0.2) is 18.2 Å². The van der Waals surface area contributed by atoms with Gasteiger partial charge in [-0.15, -0.1) is 0 Å². The van der Waals surface area contributed by atoms with E-state index in [1.807, 2.05) is 32.0 Å². The van der Waals surface area contributed by atoms with Crippen LogP contribution in [0.1, 0.15) is 19.0 Å². The van der Waals surface area contributed by atoms with Crippen molar-refractivity contribution in [3.05, 3.63) is 23.9 Å². The normalized spacial score (nSPS) is 12.5. The van der Waals surface area contributed by atoms with Crippen LogP contribution < -0.4 is 14.8 Å². The average molecular weight is 273 g/mol. The Kier molecular flexibility index (Phi) is 3.06. The summed E-state index contributed by atoms with van der Waals surface area (Å²) in [6.45, 7) is 3.91. The van der Waals surface area contributed by atoms with Crippen molar-refractivity contribution < 1.29 is 14.3 Å². The number of benzene rings is 1. The van der Waals surface area contributed by atoms with Crippen LogP contribution in [0.25, 0.3) is 11.3 Å². The molecule has 104 valence electrons. The minimum Gasteiger partial charge on any atom is -0.454 e. The van der Waals surface area contributed by atoms with Crippen molar-refractivity contribution in [3.63, 3.8) is 0 Å². The lowest BCUT2D eigenvalue weighted by Gasteiger charge is -2.06. The van der Waals surface area contributed by atoms with Gasteiger partial charge < -0.3 is 14.8 Å². The van der Waals surface area contributed by atoms with Crippen molar-refractivity contribution >= 4 is 11.6 Å². The summed E-state index contributed by atoms with van der Waals surface area (Å²) in [7, 11) is 0. The summed E-state index contributed by atoms with van der Waals surface area (Å²) < 4.78 is 10.6. The number of ether oxygens (including phenoxy) is 2. The number of aromatic nitrogens is 2. The van der Waals surface area contributed by atoms with Gasteiger partial charge in [-0.05, 0) is 25.1 Å². The molecule has 0 aliphatic carbocycles. The van der Waals surface area contributed by atoms with E-state index in [-0.39, 0.29) is 12.7 Å². The predicted octanol–water partition coefficient (Wildman–Crippen LogP) is 2.46. The minimum atomic E-state index is -0.0449. The number of nitrogens with one attached hydrogen (secondary N) is 2. The van der Waals surface area contributed by atoms with Crippen LogP contribution in [0, 0.1) is 6.92 Å². The van der Waals surface area contributed by atoms with Crippen molar-refractivity contribution in [2.45, 2.75) is 20.3 Å². The van der Waals surface area contributed by atoms with E-state index in [9.17, 15) is 4.79 Å². The summed E-state index contributed by atoms with van der Waals surface area (Å²) in [5, 5.41) is 10.0. The maximum atomic E-state index is 11.6. The standard InChI is InChI=1S/C14H15N3O3/c1-3-12(18)15-13-8(2)16-17-14(13)9-4-5-10-11(6-9)20-7-19-10/h4-6H,3,7H2,1-2H3,(H,15,18)(H,16,17). The van der Waals surface area contributed by atoms with Gasteiger partial charge in [0.15, 0.2) is 11.5 Å². The lowest BCUT2D eigenvalue weighted by molar-refractivity contribution is -0.115. The van der Waals surface area contributed by atoms with Gasteiger partial charge in [0.2, 0.25) is 12.7 Å². The van der Waals surface area contributed by atoms with Crippen LogP contribution in [0.5, 0.6) is 11.5 Å². The molecule has 0 radical (unpaired) electrons. The van der Waals surface area contributed by atoms with Gasteiger partial charge in [0.25, 0.3) is 0 Å². The molecule has 0 unspecified atom stereocenters. The molecule has 0 atom stereocenters. The molecule has 20 heavy (non-hydrogen) atoms. The molecule has 6 heteroatoms. The maximum Gasteiger partial charge on any atom is 0.231 e. The number of hydrogen-bond donors (Lipinski definition) is 2. The van der Waals surface area contributed by atoms with Gasteiger partial charge in [0.1, 0.15) is 5.69 Å². The highest BCUT2D eigenvalue weighted by atomic mass is 16.7. The predicted molar refractivity (Wildman–Crippen MR) is 73.8 cm³/mol. The molecule has 1 aromatic carbocycles. The smallest absolute Gasteiger partial charge is 0.231 e. The Morgan fingerprint density at radius 3 is 3.00 bits per heavy atom. The van der Waals surface area contributed by atoms with Crippen LogP contribution in [0.3, 0.4) is 0 Å². The van der Waals surface area contributed by atoms with Crippen molar-refractivity contribution in [3.8, 4) is 22.8 Å². The SMILES string of the molecule is CCC(=O)Nc1c(-c2ccc3c(c2)OCO3)n[nH]c1C. The Labute approximate surface area is 116 Å². The first kappa shape index (κ1) is 12.5. The van der Waals surface area contributed by atoms with Gasteiger partial charge in [-0.1, -0.05) is 6.92 Å². The van der Waals surface area contributed by atoms with Gasteiger partial charge >= 0.3 is 0 Å². The molecule has 2 heterocycles. The topological polar surface area (TPSA) is 76.2 Å². The first-order valence-electron chi connectivity index (χ1n) is 6.44. The van der Waals surface area contributed by atoms with E-state index in [0.717, 1.165) is 17.0 Å². The Morgan fingerprint density at radius 1 is 1.40 bits per heavy atom. The highest BCUT2D eigenvalue weighted by molar-refractivity contribution is 5.95. The van der Waals surface area contributed by atoms with Crippen LogP contribution >= 0.6 is 0 Å². The molecule has 2 aromatic rings. The monoisotopic (exact) mass is 273 g/mol. The van der Waals surface area contributed by atoms with Crippen LogP contribution in [-0.4, -0.2) is 22.9 Å². The molecule has 1 aliphatic rings. The zero-order valence-electron chi connectivity index (χ0n) is 11.3. The Bertz CT molecular complexity index is 664. The minimum absolute atomic E-state index is 0.0449. The third-order valence-electron chi connectivity index (χ3n) is 3.18. The summed E-state index contributed by atoms with van der Waals surface area (Å²) in [5.74, 6) is 1.37. The van der Waals surface area contributed by atoms with Crippen molar-refractivity contribution in [2.24, 2.45) is 0 Å². The summed E-state index contributed by atoms with van der Waals surface area (Å²) in [4.78, 5) is 11.6. The number of hydrogen-bond acceptors (Lipinski definition) is 4. The van der Waals surface area contributed by atoms with Gasteiger partial charge in [-0.3, -0.25) is 9.89 Å². The summed E-state index contributed by atoms with van der Waals surface area (Å²) >= 11 is 0. The lowest BCUT2D eigenvalue weighted by atomic mass is 10.1. The third kappa shape index (κ3) is 2.09. The lowest BCUT2D eigenvalue weighted by Crippen LogP contribution is -2.10. The van der Waals surface area contributed by atoms with Crippen molar-refractivity contribution in [1.82, 2.24) is 10.2 Å². The second-order valence-corrected chi connectivity index (χ2v) is 4.54. The number of H-pyrrole nitrogens is 1. The largest absolute Gasteiger partial charge is 0.454 e. The zero-order valence-corrected chi connectivity index (χ0v) is 11.3. The third-order valence-corrected chi connectivity index (χ3v) is 3.18. The van der Waals surface area contributed by atoms with Crippen LogP contribution in [0.4, 0.5) is 5.69 Å². The maximum absolute atomic E-state index is 11.6. The number of fused-ring (bicyclic) bond motifs is 1. The molecule has 0 saturated heterocycles. The fourth-order valence-electron chi connectivity index (χ4n) is 2.06. The number of amides is 1. The van der Waals surface area contributed by atoms with E-state index in [1.165, 1.54) is 0 Å². The van der Waals surface area contributed by atoms with Crippen molar-refractivity contribution in [2.75, 3.05) is 12.1 Å². The van der Waals surface area contributed by atoms with E-state index in [0.29, 0.717) is 23.6 Å². The second-order valence-electron chi connectivity index (χ2n) is 4.54. The van der Waals surface area contributed by atoms with Gasteiger partial charge in [-0.25, -0.2) is 0 Å². The molecule has 0 fully saturated rings. The molecule has 3 rings (SSSR count). The molecule has 0 bridgehead atoms. The van der Waals surface area contributed by atoms with Gasteiger partial charge in [0, 0.05) is 12.0 Å². The fourth-order valence-corrected chi connectivity index (χ4v) is 2.06. The number of nitrogens with zero attached hydrogens (tertiary/aromatic N) is 1. The number of anilines is 1. The number of aryl methyl sites for hydroxylation is 1. The zero-order chi connectivity index (χ0) is 14.1. The number of carbonyl (C=O) groups excluding carboxylic acids is 1. The second kappa shape index (κ2) is 4.88. The average Bonchev–Trinajstić information content (AvgIpc) is 3.05. The van der Waals surface area contributed by atoms with E-state index in [1.54, 1.807) is 0 Å². The van der Waals surface area contributed by atoms with Gasteiger partial charge in [0.05, 0.1) is 11.4 Å². The first-order chi connectivity index (χ1) is 9.69. The summed E-state index contributed by atoms with van der Waals surface area (Å²) in [6.07, 6.45) is 0.422. The van der Waals surface area contributed by atoms with Crippen LogP contribution in [0.2, 0.25) is 0 Å². The van der Waals surface area contributed by atoms with Crippen LogP contribution in [-0.2, 0) is 4.79 Å². The molecular weight excluding hydrogens is 258 g/mol. The number of rotatable bonds is 3.